The quantitative estimate of drug-likeness (QED) is 0.841. The molecule has 2 nitrogen and oxygen atoms in total. The first-order valence-corrected chi connectivity index (χ1v) is 5.32. The topological polar surface area (TPSA) is 21.3 Å². The van der Waals surface area contributed by atoms with Gasteiger partial charge in [-0.05, 0) is 44.6 Å². The lowest BCUT2D eigenvalue weighted by Gasteiger charge is -2.12. The minimum absolute atomic E-state index is 0.324. The number of rotatable bonds is 5. The zero-order valence-corrected chi connectivity index (χ0v) is 9.70. The Hall–Kier alpha value is -0.800. The van der Waals surface area contributed by atoms with Crippen molar-refractivity contribution in [2.45, 2.75) is 13.3 Å². The Morgan fingerprint density at radius 1 is 1.47 bits per heavy atom. The number of halogens is 2. The van der Waals surface area contributed by atoms with Gasteiger partial charge in [0.15, 0.2) is 0 Å². The summed E-state index contributed by atoms with van der Waals surface area (Å²) in [4.78, 5) is 0. The molecule has 0 aliphatic carbocycles. The van der Waals surface area contributed by atoms with Gasteiger partial charge in [0, 0.05) is 0 Å². The zero-order chi connectivity index (χ0) is 11.3. The van der Waals surface area contributed by atoms with Gasteiger partial charge in [0.05, 0.1) is 11.6 Å². The predicted octanol–water partition coefficient (Wildman–Crippen LogP) is 2.64. The van der Waals surface area contributed by atoms with Gasteiger partial charge in [-0.3, -0.25) is 0 Å². The van der Waals surface area contributed by atoms with Crippen LogP contribution in [0, 0.1) is 5.82 Å². The molecule has 1 aromatic carbocycles. The van der Waals surface area contributed by atoms with Gasteiger partial charge in [0.2, 0.25) is 0 Å². The van der Waals surface area contributed by atoms with Crippen molar-refractivity contribution < 1.29 is 9.13 Å². The van der Waals surface area contributed by atoms with E-state index < -0.39 is 0 Å². The summed E-state index contributed by atoms with van der Waals surface area (Å²) in [5, 5.41) is 3.34. The predicted molar refractivity (Wildman–Crippen MR) is 60.2 cm³/mol. The van der Waals surface area contributed by atoms with Crippen molar-refractivity contribution in [3.63, 3.8) is 0 Å². The number of ether oxygens (including phenoxy) is 1. The molecule has 1 rings (SSSR count). The van der Waals surface area contributed by atoms with Crippen LogP contribution in [-0.4, -0.2) is 20.2 Å². The van der Waals surface area contributed by atoms with Gasteiger partial charge in [-0.1, -0.05) is 11.6 Å². The molecule has 0 saturated carbocycles. The molecule has 0 radical (unpaired) electrons. The first-order valence-electron chi connectivity index (χ1n) is 4.94. The van der Waals surface area contributed by atoms with Gasteiger partial charge in [-0.2, -0.15) is 0 Å². The second kappa shape index (κ2) is 5.93. The van der Waals surface area contributed by atoms with Crippen molar-refractivity contribution in [1.29, 1.82) is 0 Å². The summed E-state index contributed by atoms with van der Waals surface area (Å²) in [5.41, 5.74) is 0.802. The van der Waals surface area contributed by atoms with E-state index in [1.54, 1.807) is 0 Å². The summed E-state index contributed by atoms with van der Waals surface area (Å²) in [6.07, 6.45) is 0.698. The summed E-state index contributed by atoms with van der Waals surface area (Å²) in [7, 11) is 1.85. The molecule has 0 aliphatic heterocycles. The highest BCUT2D eigenvalue weighted by Gasteiger charge is 2.10. The van der Waals surface area contributed by atoms with Gasteiger partial charge < -0.3 is 10.1 Å². The summed E-state index contributed by atoms with van der Waals surface area (Å²) >= 11 is 5.91. The maximum absolute atomic E-state index is 13.1. The van der Waals surface area contributed by atoms with Crippen LogP contribution in [0.4, 0.5) is 4.39 Å². The van der Waals surface area contributed by atoms with Crippen LogP contribution in [0.3, 0.4) is 0 Å². The normalized spacial score (nSPS) is 10.4. The molecule has 1 aromatic rings. The Morgan fingerprint density at radius 3 is 2.80 bits per heavy atom. The fourth-order valence-corrected chi connectivity index (χ4v) is 1.65. The van der Waals surface area contributed by atoms with Gasteiger partial charge in [-0.15, -0.1) is 0 Å². The lowest BCUT2D eigenvalue weighted by molar-refractivity contribution is 0.336. The molecule has 15 heavy (non-hydrogen) atoms. The molecule has 0 aromatic heterocycles. The van der Waals surface area contributed by atoms with Crippen LogP contribution in [-0.2, 0) is 6.42 Å². The molecule has 4 heteroatoms. The van der Waals surface area contributed by atoms with Crippen molar-refractivity contribution in [3.8, 4) is 5.75 Å². The van der Waals surface area contributed by atoms with Crippen molar-refractivity contribution in [2.24, 2.45) is 0 Å². The molecule has 0 spiro atoms. The van der Waals surface area contributed by atoms with E-state index in [4.69, 9.17) is 16.3 Å². The maximum atomic E-state index is 13.1. The van der Waals surface area contributed by atoms with Crippen LogP contribution in [0.5, 0.6) is 5.75 Å². The number of benzene rings is 1. The standard InChI is InChI=1S/C11H15ClFNO/c1-3-15-11-8(4-5-14-2)6-9(13)7-10(11)12/h6-7,14H,3-5H2,1-2H3. The summed E-state index contributed by atoms with van der Waals surface area (Å²) in [5.74, 6) is 0.269. The van der Waals surface area contributed by atoms with Crippen LogP contribution in [0.25, 0.3) is 0 Å². The molecule has 0 heterocycles. The van der Waals surface area contributed by atoms with E-state index in [2.05, 4.69) is 5.32 Å². The lowest BCUT2D eigenvalue weighted by atomic mass is 10.1. The van der Waals surface area contributed by atoms with Crippen molar-refractivity contribution in [3.05, 3.63) is 28.5 Å². The third-order valence-corrected chi connectivity index (χ3v) is 2.30. The molecule has 0 aliphatic rings. The Labute approximate surface area is 94.4 Å². The largest absolute Gasteiger partial charge is 0.492 e. The van der Waals surface area contributed by atoms with Crippen LogP contribution in [0.15, 0.2) is 12.1 Å². The molecular formula is C11H15ClFNO. The minimum Gasteiger partial charge on any atom is -0.492 e. The average molecular weight is 232 g/mol. The molecule has 0 saturated heterocycles. The van der Waals surface area contributed by atoms with Crippen LogP contribution in [0.1, 0.15) is 12.5 Å². The Morgan fingerprint density at radius 2 is 2.20 bits per heavy atom. The number of hydrogen-bond donors (Lipinski definition) is 1. The van der Waals surface area contributed by atoms with Crippen molar-refractivity contribution in [1.82, 2.24) is 5.32 Å². The molecule has 0 atom stereocenters. The number of hydrogen-bond acceptors (Lipinski definition) is 2. The Kier molecular flexibility index (Phi) is 4.85. The molecular weight excluding hydrogens is 217 g/mol. The summed E-state index contributed by atoms with van der Waals surface area (Å²) in [6, 6.07) is 2.74. The minimum atomic E-state index is -0.324. The lowest BCUT2D eigenvalue weighted by Crippen LogP contribution is -2.11. The second-order valence-electron chi connectivity index (χ2n) is 3.16. The van der Waals surface area contributed by atoms with E-state index in [0.29, 0.717) is 23.8 Å². The van der Waals surface area contributed by atoms with Gasteiger partial charge in [0.25, 0.3) is 0 Å². The molecule has 1 N–H and O–H groups in total. The smallest absolute Gasteiger partial charge is 0.141 e. The first kappa shape index (κ1) is 12.3. The Balaban J connectivity index is 2.97. The van der Waals surface area contributed by atoms with Crippen LogP contribution >= 0.6 is 11.6 Å². The third kappa shape index (κ3) is 3.36. The van der Waals surface area contributed by atoms with Crippen LogP contribution in [0.2, 0.25) is 5.02 Å². The van der Waals surface area contributed by atoms with E-state index in [9.17, 15) is 4.39 Å². The summed E-state index contributed by atoms with van der Waals surface area (Å²) < 4.78 is 18.5. The van der Waals surface area contributed by atoms with E-state index >= 15 is 0 Å². The van der Waals surface area contributed by atoms with E-state index in [0.717, 1.165) is 12.1 Å². The second-order valence-corrected chi connectivity index (χ2v) is 3.57. The average Bonchev–Trinajstić information content (AvgIpc) is 2.19. The molecule has 0 unspecified atom stereocenters. The SMILES string of the molecule is CCOc1c(Cl)cc(F)cc1CCNC. The maximum Gasteiger partial charge on any atom is 0.141 e. The number of likely N-dealkylation sites (N-methyl/N-ethyl adjacent to an activating group) is 1. The van der Waals surface area contributed by atoms with E-state index in [1.807, 2.05) is 14.0 Å². The molecule has 84 valence electrons. The highest BCUT2D eigenvalue weighted by Crippen LogP contribution is 2.30. The molecule has 0 amide bonds. The zero-order valence-electron chi connectivity index (χ0n) is 8.94. The van der Waals surface area contributed by atoms with Crippen molar-refractivity contribution in [2.75, 3.05) is 20.2 Å². The van der Waals surface area contributed by atoms with E-state index in [1.165, 1.54) is 12.1 Å². The number of nitrogens with one attached hydrogen (secondary N) is 1. The Bertz CT molecular complexity index is 331. The first-order chi connectivity index (χ1) is 7.19. The van der Waals surface area contributed by atoms with Gasteiger partial charge >= 0.3 is 0 Å². The highest BCUT2D eigenvalue weighted by atomic mass is 35.5. The van der Waals surface area contributed by atoms with Gasteiger partial charge in [-0.25, -0.2) is 4.39 Å². The van der Waals surface area contributed by atoms with Crippen molar-refractivity contribution >= 4 is 11.6 Å². The fraction of sp³-hybridized carbons (Fsp3) is 0.455. The molecule has 0 fully saturated rings. The fourth-order valence-electron chi connectivity index (χ4n) is 1.36. The van der Waals surface area contributed by atoms with Gasteiger partial charge in [0.1, 0.15) is 11.6 Å². The highest BCUT2D eigenvalue weighted by molar-refractivity contribution is 6.32. The third-order valence-electron chi connectivity index (χ3n) is 2.02. The summed E-state index contributed by atoms with van der Waals surface area (Å²) in [6.45, 7) is 3.17. The monoisotopic (exact) mass is 231 g/mol. The van der Waals surface area contributed by atoms with E-state index in [-0.39, 0.29) is 5.82 Å². The molecule has 0 bridgehead atoms. The van der Waals surface area contributed by atoms with Crippen LogP contribution < -0.4 is 10.1 Å².